The number of carbonyl (C=O) groups excluding carboxylic acids is 1. The van der Waals surface area contributed by atoms with E-state index in [9.17, 15) is 4.79 Å². The number of nitrogens with zero attached hydrogens (tertiary/aromatic N) is 1. The Morgan fingerprint density at radius 2 is 2.09 bits per heavy atom. The molecule has 0 aromatic rings. The van der Waals surface area contributed by atoms with Crippen LogP contribution in [0.15, 0.2) is 0 Å². The van der Waals surface area contributed by atoms with E-state index in [2.05, 4.69) is 0 Å². The third kappa shape index (κ3) is 1.99. The van der Waals surface area contributed by atoms with Crippen molar-refractivity contribution in [2.75, 3.05) is 6.54 Å². The number of urea groups is 1. The fourth-order valence-electron chi connectivity index (χ4n) is 1.52. The zero-order chi connectivity index (χ0) is 7.78. The summed E-state index contributed by atoms with van der Waals surface area (Å²) in [6, 6.07) is -0.289. The first-order chi connectivity index (χ1) is 4.54. The summed E-state index contributed by atoms with van der Waals surface area (Å²) in [6.07, 6.45) is 2.14. The van der Waals surface area contributed by atoms with E-state index in [-0.39, 0.29) is 24.0 Å². The van der Waals surface area contributed by atoms with Gasteiger partial charge in [-0.1, -0.05) is 0 Å². The Morgan fingerprint density at radius 3 is 2.27 bits per heavy atom. The van der Waals surface area contributed by atoms with E-state index in [4.69, 9.17) is 5.73 Å². The Hall–Kier alpha value is -0.440. The molecule has 1 aliphatic rings. The Labute approximate surface area is 73.3 Å². The number of likely N-dealkylation sites (tertiary alicyclic amines) is 1. The Morgan fingerprint density at radius 1 is 1.55 bits per heavy atom. The van der Waals surface area contributed by atoms with E-state index in [0.29, 0.717) is 0 Å². The number of hydrogen-bond donors (Lipinski definition) is 1. The molecular weight excluding hydrogens is 164 g/mol. The number of rotatable bonds is 0. The van der Waals surface area contributed by atoms with Gasteiger partial charge in [-0.3, -0.25) is 0 Å². The summed E-state index contributed by atoms with van der Waals surface area (Å²) in [5, 5.41) is 0. The molecule has 1 fully saturated rings. The average molecular weight is 179 g/mol. The smallest absolute Gasteiger partial charge is 0.315 e. The van der Waals surface area contributed by atoms with Crippen LogP contribution >= 0.6 is 12.4 Å². The average Bonchev–Trinajstić information content (AvgIpc) is 2.08. The summed E-state index contributed by atoms with van der Waals surface area (Å²) < 4.78 is 0. The van der Waals surface area contributed by atoms with Gasteiger partial charge in [0.1, 0.15) is 0 Å². The molecule has 11 heavy (non-hydrogen) atoms. The van der Waals surface area contributed by atoms with Crippen molar-refractivity contribution in [3.05, 3.63) is 0 Å². The molecule has 0 bridgehead atoms. The minimum absolute atomic E-state index is 0. The lowest BCUT2D eigenvalue weighted by molar-refractivity contribution is 0.174. The summed E-state index contributed by atoms with van der Waals surface area (Å²) in [4.78, 5) is 12.5. The molecule has 2 N–H and O–H groups in total. The zero-order valence-electron chi connectivity index (χ0n) is 6.96. The molecule has 0 radical (unpaired) electrons. The van der Waals surface area contributed by atoms with E-state index >= 15 is 0 Å². The molecule has 66 valence electrons. The van der Waals surface area contributed by atoms with E-state index in [0.717, 1.165) is 19.4 Å². The maximum atomic E-state index is 10.8. The summed E-state index contributed by atoms with van der Waals surface area (Å²) in [7, 11) is 0. The van der Waals surface area contributed by atoms with Crippen LogP contribution in [0.25, 0.3) is 0 Å². The molecule has 0 unspecified atom stereocenters. The minimum Gasteiger partial charge on any atom is -0.351 e. The van der Waals surface area contributed by atoms with Crippen LogP contribution in [0, 0.1) is 0 Å². The molecule has 4 heteroatoms. The highest BCUT2D eigenvalue weighted by atomic mass is 35.5. The summed E-state index contributed by atoms with van der Waals surface area (Å²) in [6.45, 7) is 4.91. The number of carbonyl (C=O) groups is 1. The summed E-state index contributed by atoms with van der Waals surface area (Å²) >= 11 is 0. The fraction of sp³-hybridized carbons (Fsp3) is 0.857. The lowest BCUT2D eigenvalue weighted by Gasteiger charge is -2.29. The van der Waals surface area contributed by atoms with Gasteiger partial charge in [0.25, 0.3) is 0 Å². The highest BCUT2D eigenvalue weighted by Gasteiger charge is 2.33. The summed E-state index contributed by atoms with van der Waals surface area (Å²) in [5.41, 5.74) is 5.15. The number of hydrogen-bond acceptors (Lipinski definition) is 1. The third-order valence-corrected chi connectivity index (χ3v) is 2.17. The maximum absolute atomic E-state index is 10.8. The molecule has 3 nitrogen and oxygen atoms in total. The normalized spacial score (nSPS) is 21.1. The van der Waals surface area contributed by atoms with Gasteiger partial charge in [-0.05, 0) is 26.7 Å². The molecule has 1 heterocycles. The molecule has 1 aliphatic heterocycles. The van der Waals surface area contributed by atoms with Gasteiger partial charge >= 0.3 is 6.03 Å². The Kier molecular flexibility index (Phi) is 3.17. The van der Waals surface area contributed by atoms with Gasteiger partial charge < -0.3 is 10.6 Å². The van der Waals surface area contributed by atoms with Gasteiger partial charge in [0.2, 0.25) is 0 Å². The van der Waals surface area contributed by atoms with Crippen LogP contribution in [0.4, 0.5) is 4.79 Å². The van der Waals surface area contributed by atoms with Crippen LogP contribution in [0.2, 0.25) is 0 Å². The highest BCUT2D eigenvalue weighted by molar-refractivity contribution is 5.85. The van der Waals surface area contributed by atoms with E-state index in [1.165, 1.54) is 0 Å². The van der Waals surface area contributed by atoms with Crippen molar-refractivity contribution in [1.29, 1.82) is 0 Å². The predicted octanol–water partition coefficient (Wildman–Crippen LogP) is 1.36. The van der Waals surface area contributed by atoms with Crippen molar-refractivity contribution in [3.8, 4) is 0 Å². The number of nitrogens with two attached hydrogens (primary N) is 1. The topological polar surface area (TPSA) is 46.3 Å². The van der Waals surface area contributed by atoms with Gasteiger partial charge in [-0.15, -0.1) is 12.4 Å². The Bertz CT molecular complexity index is 159. The second-order valence-electron chi connectivity index (χ2n) is 3.41. The van der Waals surface area contributed by atoms with Gasteiger partial charge in [0.05, 0.1) is 0 Å². The highest BCUT2D eigenvalue weighted by Crippen LogP contribution is 2.27. The van der Waals surface area contributed by atoms with Gasteiger partial charge in [-0.2, -0.15) is 0 Å². The van der Waals surface area contributed by atoms with Crippen molar-refractivity contribution in [3.63, 3.8) is 0 Å². The maximum Gasteiger partial charge on any atom is 0.315 e. The number of amides is 2. The first-order valence-corrected chi connectivity index (χ1v) is 3.61. The van der Waals surface area contributed by atoms with Crippen LogP contribution in [0.1, 0.15) is 26.7 Å². The van der Waals surface area contributed by atoms with E-state index in [1.54, 1.807) is 4.90 Å². The Balaban J connectivity index is 0.000001000. The predicted molar refractivity (Wildman–Crippen MR) is 46.9 cm³/mol. The van der Waals surface area contributed by atoms with Crippen molar-refractivity contribution >= 4 is 18.4 Å². The molecular formula is C7H15ClN2O. The molecule has 0 saturated carbocycles. The zero-order valence-corrected chi connectivity index (χ0v) is 7.78. The van der Waals surface area contributed by atoms with Gasteiger partial charge in [-0.25, -0.2) is 4.79 Å². The molecule has 0 aliphatic carbocycles. The van der Waals surface area contributed by atoms with Gasteiger partial charge in [0, 0.05) is 12.1 Å². The second kappa shape index (κ2) is 3.30. The number of primary amides is 1. The minimum atomic E-state index is -0.289. The third-order valence-electron chi connectivity index (χ3n) is 2.17. The summed E-state index contributed by atoms with van der Waals surface area (Å²) in [5.74, 6) is 0. The van der Waals surface area contributed by atoms with Crippen molar-refractivity contribution < 1.29 is 4.79 Å². The molecule has 0 spiro atoms. The first kappa shape index (κ1) is 10.6. The molecule has 0 aromatic heterocycles. The van der Waals surface area contributed by atoms with E-state index < -0.39 is 0 Å². The molecule has 1 rings (SSSR count). The van der Waals surface area contributed by atoms with Crippen molar-refractivity contribution in [2.45, 2.75) is 32.2 Å². The van der Waals surface area contributed by atoms with Crippen LogP contribution in [0.3, 0.4) is 0 Å². The number of halogens is 1. The lowest BCUT2D eigenvalue weighted by Crippen LogP contribution is -2.45. The van der Waals surface area contributed by atoms with Crippen molar-refractivity contribution in [1.82, 2.24) is 4.90 Å². The van der Waals surface area contributed by atoms with Crippen molar-refractivity contribution in [2.24, 2.45) is 5.73 Å². The molecule has 2 amide bonds. The van der Waals surface area contributed by atoms with Crippen LogP contribution in [-0.2, 0) is 0 Å². The quantitative estimate of drug-likeness (QED) is 0.598. The van der Waals surface area contributed by atoms with Crippen LogP contribution < -0.4 is 5.73 Å². The SMILES string of the molecule is CC1(C)CCCN1C(N)=O.Cl. The van der Waals surface area contributed by atoms with Gasteiger partial charge in [0.15, 0.2) is 0 Å². The molecule has 1 saturated heterocycles. The van der Waals surface area contributed by atoms with Crippen LogP contribution in [-0.4, -0.2) is 23.0 Å². The largest absolute Gasteiger partial charge is 0.351 e. The molecule has 0 atom stereocenters. The van der Waals surface area contributed by atoms with Crippen LogP contribution in [0.5, 0.6) is 0 Å². The molecule has 0 aromatic carbocycles. The van der Waals surface area contributed by atoms with E-state index in [1.807, 2.05) is 13.8 Å². The standard InChI is InChI=1S/C7H14N2O.ClH/c1-7(2)4-3-5-9(7)6(8)10;/h3-5H2,1-2H3,(H2,8,10);1H. The first-order valence-electron chi connectivity index (χ1n) is 3.61. The lowest BCUT2D eigenvalue weighted by atomic mass is 10.0. The monoisotopic (exact) mass is 178 g/mol. The fourth-order valence-corrected chi connectivity index (χ4v) is 1.52. The second-order valence-corrected chi connectivity index (χ2v) is 3.41.